The topological polar surface area (TPSA) is 106 Å². The summed E-state index contributed by atoms with van der Waals surface area (Å²) in [6, 6.07) is 7.47. The Morgan fingerprint density at radius 3 is 2.65 bits per heavy atom. The maximum Gasteiger partial charge on any atom is 0.417 e. The second kappa shape index (κ2) is 8.47. The van der Waals surface area contributed by atoms with Gasteiger partial charge < -0.3 is 15.0 Å². The molecule has 5 aromatic heterocycles. The Morgan fingerprint density at radius 2 is 1.91 bits per heavy atom. The van der Waals surface area contributed by atoms with E-state index in [1.807, 2.05) is 0 Å². The molecule has 0 aliphatic heterocycles. The summed E-state index contributed by atoms with van der Waals surface area (Å²) in [5.41, 5.74) is 1.15. The largest absolute Gasteiger partial charge is 0.417 e. The Kier molecular flexibility index (Phi) is 5.46. The highest BCUT2D eigenvalue weighted by Crippen LogP contribution is 2.32. The molecule has 0 atom stereocenters. The summed E-state index contributed by atoms with van der Waals surface area (Å²) in [5, 5.41) is 12.7. The van der Waals surface area contributed by atoms with E-state index in [0.717, 1.165) is 17.8 Å². The molecule has 1 amide bonds. The fourth-order valence-corrected chi connectivity index (χ4v) is 4.27. The second-order valence-electron chi connectivity index (χ2n) is 7.37. The van der Waals surface area contributed by atoms with E-state index in [1.54, 1.807) is 35.2 Å². The number of fused-ring (bicyclic) bond motifs is 2. The molecule has 0 aliphatic rings. The van der Waals surface area contributed by atoms with Crippen molar-refractivity contribution in [3.8, 4) is 0 Å². The average molecular weight is 484 g/mol. The number of carbonyl (C=O) groups excluding carboxylic acids is 1. The van der Waals surface area contributed by atoms with Crippen molar-refractivity contribution in [3.05, 3.63) is 76.9 Å². The number of carbonyl (C=O) groups is 1. The minimum Gasteiger partial charge on any atom is -0.389 e. The van der Waals surface area contributed by atoms with Crippen LogP contribution in [0.25, 0.3) is 21.4 Å². The highest BCUT2D eigenvalue weighted by atomic mass is 32.1. The van der Waals surface area contributed by atoms with Crippen molar-refractivity contribution >= 4 is 44.3 Å². The van der Waals surface area contributed by atoms with Crippen LogP contribution in [0.4, 0.5) is 18.9 Å². The van der Waals surface area contributed by atoms with Gasteiger partial charge in [0.05, 0.1) is 24.1 Å². The molecule has 0 aromatic carbocycles. The van der Waals surface area contributed by atoms with Crippen LogP contribution < -0.4 is 5.32 Å². The first-order valence-electron chi connectivity index (χ1n) is 9.95. The van der Waals surface area contributed by atoms with E-state index < -0.39 is 17.6 Å². The Hall–Kier alpha value is -3.90. The highest BCUT2D eigenvalue weighted by Gasteiger charge is 2.32. The summed E-state index contributed by atoms with van der Waals surface area (Å²) in [5.74, 6) is -0.542. The molecule has 34 heavy (non-hydrogen) atoms. The van der Waals surface area contributed by atoms with Gasteiger partial charge >= 0.3 is 6.18 Å². The van der Waals surface area contributed by atoms with Gasteiger partial charge in [-0.1, -0.05) is 11.3 Å². The third kappa shape index (κ3) is 4.20. The van der Waals surface area contributed by atoms with Gasteiger partial charge in [0.25, 0.3) is 5.91 Å². The summed E-state index contributed by atoms with van der Waals surface area (Å²) < 4.78 is 41.2. The predicted octanol–water partition coefficient (Wildman–Crippen LogP) is 4.25. The first-order valence-corrected chi connectivity index (χ1v) is 10.8. The first kappa shape index (κ1) is 21.9. The number of aliphatic hydroxyl groups excluding tert-OH is 1. The maximum atomic E-state index is 13.2. The van der Waals surface area contributed by atoms with E-state index in [1.165, 1.54) is 23.6 Å². The molecule has 12 heteroatoms. The molecule has 0 saturated carbocycles. The van der Waals surface area contributed by atoms with Gasteiger partial charge in [-0.05, 0) is 35.9 Å². The number of rotatable bonds is 5. The third-order valence-electron chi connectivity index (χ3n) is 5.07. The molecular formula is C22H15F3N6O2S. The lowest BCUT2D eigenvalue weighted by molar-refractivity contribution is -0.137. The maximum absolute atomic E-state index is 13.2. The van der Waals surface area contributed by atoms with Crippen LogP contribution >= 0.6 is 11.3 Å². The lowest BCUT2D eigenvalue weighted by atomic mass is 10.2. The van der Waals surface area contributed by atoms with Crippen molar-refractivity contribution in [2.75, 3.05) is 5.32 Å². The van der Waals surface area contributed by atoms with E-state index in [2.05, 4.69) is 25.3 Å². The fraction of sp³-hybridized carbons (Fsp3) is 0.136. The van der Waals surface area contributed by atoms with E-state index >= 15 is 0 Å². The predicted molar refractivity (Wildman–Crippen MR) is 119 cm³/mol. The van der Waals surface area contributed by atoms with Crippen LogP contribution in [-0.4, -0.2) is 35.5 Å². The normalized spacial score (nSPS) is 11.9. The molecule has 0 fully saturated rings. The van der Waals surface area contributed by atoms with Crippen LogP contribution in [0.3, 0.4) is 0 Å². The van der Waals surface area contributed by atoms with Crippen molar-refractivity contribution in [2.24, 2.45) is 0 Å². The van der Waals surface area contributed by atoms with Crippen molar-refractivity contribution in [1.29, 1.82) is 0 Å². The van der Waals surface area contributed by atoms with Gasteiger partial charge in [-0.3, -0.25) is 9.78 Å². The molecule has 5 heterocycles. The molecule has 2 N–H and O–H groups in total. The zero-order valence-electron chi connectivity index (χ0n) is 17.2. The number of hydrogen-bond acceptors (Lipinski definition) is 7. The van der Waals surface area contributed by atoms with Gasteiger partial charge in [0.2, 0.25) is 0 Å². The molecule has 5 aromatic rings. The number of alkyl halides is 3. The summed E-state index contributed by atoms with van der Waals surface area (Å²) in [6.07, 6.45) is 0.830. The number of nitrogens with one attached hydrogen (secondary N) is 1. The fourth-order valence-electron chi connectivity index (χ4n) is 3.52. The zero-order valence-corrected chi connectivity index (χ0v) is 18.1. The number of aliphatic hydroxyl groups is 1. The number of aromatic nitrogens is 5. The highest BCUT2D eigenvalue weighted by molar-refractivity contribution is 7.18. The van der Waals surface area contributed by atoms with Crippen molar-refractivity contribution < 1.29 is 23.1 Å². The van der Waals surface area contributed by atoms with Crippen LogP contribution in [0.2, 0.25) is 0 Å². The average Bonchev–Trinajstić information content (AvgIpc) is 3.40. The van der Waals surface area contributed by atoms with Crippen molar-refractivity contribution in [1.82, 2.24) is 24.5 Å². The molecule has 0 aliphatic carbocycles. The van der Waals surface area contributed by atoms with E-state index in [4.69, 9.17) is 0 Å². The van der Waals surface area contributed by atoms with Gasteiger partial charge in [0.1, 0.15) is 26.7 Å². The van der Waals surface area contributed by atoms with Crippen molar-refractivity contribution in [2.45, 2.75) is 19.3 Å². The summed E-state index contributed by atoms with van der Waals surface area (Å²) in [6.45, 7) is -0.0128. The van der Waals surface area contributed by atoms with Gasteiger partial charge in [-0.15, -0.1) is 0 Å². The zero-order chi connectivity index (χ0) is 23.9. The van der Waals surface area contributed by atoms with E-state index in [0.29, 0.717) is 21.0 Å². The molecule has 0 spiro atoms. The Balaban J connectivity index is 1.54. The van der Waals surface area contributed by atoms with Gasteiger partial charge in [0.15, 0.2) is 0 Å². The number of hydrogen-bond donors (Lipinski definition) is 2. The molecule has 5 rings (SSSR count). The molecule has 0 unspecified atom stereocenters. The third-order valence-corrected chi connectivity index (χ3v) is 6.03. The quantitative estimate of drug-likeness (QED) is 0.387. The van der Waals surface area contributed by atoms with Crippen LogP contribution in [0.15, 0.2) is 55.1 Å². The number of amides is 1. The van der Waals surface area contributed by atoms with Gasteiger partial charge in [-0.2, -0.15) is 13.2 Å². The summed E-state index contributed by atoms with van der Waals surface area (Å²) in [4.78, 5) is 30.3. The first-order chi connectivity index (χ1) is 16.3. The van der Waals surface area contributed by atoms with Crippen LogP contribution in [-0.2, 0) is 19.3 Å². The number of anilines is 1. The molecule has 8 nitrogen and oxygen atoms in total. The second-order valence-corrected chi connectivity index (χ2v) is 8.44. The smallest absolute Gasteiger partial charge is 0.389 e. The molecule has 0 bridgehead atoms. The number of thiazole rings is 1. The molecule has 172 valence electrons. The monoisotopic (exact) mass is 484 g/mol. The summed E-state index contributed by atoms with van der Waals surface area (Å²) in [7, 11) is 0. The Labute approximate surface area is 193 Å². The number of halogens is 3. The van der Waals surface area contributed by atoms with Crippen molar-refractivity contribution in [3.63, 3.8) is 0 Å². The molecule has 0 saturated heterocycles. The lowest BCUT2D eigenvalue weighted by Gasteiger charge is -2.11. The SMILES string of the molecule is O=C(Nc1cnc2sc(CO)nc2c1)c1cc2cc(C(F)(F)F)cnc2n1Cc1ccncc1. The minimum atomic E-state index is -4.56. The molecule has 0 radical (unpaired) electrons. The molecular weight excluding hydrogens is 469 g/mol. The lowest BCUT2D eigenvalue weighted by Crippen LogP contribution is -2.18. The van der Waals surface area contributed by atoms with Crippen LogP contribution in [0.5, 0.6) is 0 Å². The van der Waals surface area contributed by atoms with Crippen LogP contribution in [0.1, 0.15) is 26.6 Å². The van der Waals surface area contributed by atoms with E-state index in [-0.39, 0.29) is 29.9 Å². The van der Waals surface area contributed by atoms with Crippen LogP contribution in [0, 0.1) is 0 Å². The van der Waals surface area contributed by atoms with Gasteiger partial charge in [0, 0.05) is 30.5 Å². The van der Waals surface area contributed by atoms with Gasteiger partial charge in [-0.25, -0.2) is 15.0 Å². The summed E-state index contributed by atoms with van der Waals surface area (Å²) >= 11 is 1.24. The Morgan fingerprint density at radius 1 is 1.12 bits per heavy atom. The standard InChI is InChI=1S/C22H15F3N6O2S/c23-22(24,25)14-5-13-6-17(31(19(13)27-8-14)10-12-1-3-26-4-2-12)20(33)29-15-7-16-21(28-9-15)34-18(11-32)30-16/h1-9,32H,10-11H2,(H,29,33). The Bertz CT molecular complexity index is 1510. The van der Waals surface area contributed by atoms with E-state index in [9.17, 15) is 23.1 Å². The number of nitrogens with zero attached hydrogens (tertiary/aromatic N) is 5. The number of pyridine rings is 3. The minimum absolute atomic E-state index is 0.132.